The first kappa shape index (κ1) is 17.5. The number of benzene rings is 2. The van der Waals surface area contributed by atoms with Crippen LogP contribution in [0.15, 0.2) is 47.4 Å². The van der Waals surface area contributed by atoms with Gasteiger partial charge in [-0.25, -0.2) is 0 Å². The summed E-state index contributed by atoms with van der Waals surface area (Å²) in [6.07, 6.45) is 0. The van der Waals surface area contributed by atoms with Crippen molar-refractivity contribution in [3.8, 4) is 0 Å². The average Bonchev–Trinajstić information content (AvgIpc) is 2.53. The van der Waals surface area contributed by atoms with Gasteiger partial charge in [0.25, 0.3) is 21.5 Å². The topological polar surface area (TPSA) is 130 Å². The van der Waals surface area contributed by atoms with Gasteiger partial charge in [0.05, 0.1) is 27.4 Å². The summed E-state index contributed by atoms with van der Waals surface area (Å²) in [5.41, 5.74) is -0.166. The Morgan fingerprint density at radius 2 is 1.46 bits per heavy atom. The number of hydrogen-bond acceptors (Lipinski definition) is 7. The summed E-state index contributed by atoms with van der Waals surface area (Å²) in [7, 11) is -4.08. The lowest BCUT2D eigenvalue weighted by Gasteiger charge is -2.06. The van der Waals surface area contributed by atoms with Gasteiger partial charge in [-0.3, -0.25) is 24.4 Å². The molecule has 0 atom stereocenters. The Morgan fingerprint density at radius 1 is 0.958 bits per heavy atom. The monoisotopic (exact) mass is 352 g/mol. The van der Waals surface area contributed by atoms with Crippen LogP contribution in [0.2, 0.25) is 0 Å². The molecule has 0 saturated carbocycles. The first-order valence-electron chi connectivity index (χ1n) is 6.58. The second-order valence-electron chi connectivity index (χ2n) is 4.90. The molecule has 126 valence electrons. The second kappa shape index (κ2) is 6.72. The fourth-order valence-corrected chi connectivity index (χ4v) is 2.77. The molecule has 10 heteroatoms. The summed E-state index contributed by atoms with van der Waals surface area (Å²) >= 11 is 0. The lowest BCUT2D eigenvalue weighted by atomic mass is 10.2. The van der Waals surface area contributed by atoms with E-state index < -0.39 is 37.9 Å². The summed E-state index contributed by atoms with van der Waals surface area (Å²) in [6.45, 7) is 1.23. The van der Waals surface area contributed by atoms with Crippen molar-refractivity contribution in [1.29, 1.82) is 0 Å². The Balaban J connectivity index is 2.26. The van der Waals surface area contributed by atoms with Crippen molar-refractivity contribution in [1.82, 2.24) is 0 Å². The molecule has 0 heterocycles. The fraction of sp³-hybridized carbons (Fsp3) is 0.143. The lowest BCUT2D eigenvalue weighted by molar-refractivity contribution is -0.394. The van der Waals surface area contributed by atoms with E-state index in [1.807, 2.05) is 0 Å². The van der Waals surface area contributed by atoms with Crippen LogP contribution in [0.5, 0.6) is 0 Å². The van der Waals surface area contributed by atoms with Crippen LogP contribution >= 0.6 is 0 Å². The van der Waals surface area contributed by atoms with Crippen LogP contribution in [0.25, 0.3) is 0 Å². The Morgan fingerprint density at radius 3 is 1.92 bits per heavy atom. The molecule has 2 aromatic rings. The van der Waals surface area contributed by atoms with Gasteiger partial charge >= 0.3 is 0 Å². The molecule has 0 saturated heterocycles. The van der Waals surface area contributed by atoms with Gasteiger partial charge < -0.3 is 0 Å². The van der Waals surface area contributed by atoms with E-state index in [0.717, 1.165) is 23.8 Å². The number of nitro groups is 2. The molecule has 0 radical (unpaired) electrons. The molecule has 24 heavy (non-hydrogen) atoms. The standard InChI is InChI=1S/C14H12N2O7S/c1-10-2-4-14(5-3-10)24(21,22)23-9-11-6-12(15(17)18)8-13(7-11)16(19)20/h2-8H,9H2,1H3. The lowest BCUT2D eigenvalue weighted by Crippen LogP contribution is -2.07. The molecule has 2 aromatic carbocycles. The van der Waals surface area contributed by atoms with E-state index in [1.165, 1.54) is 12.1 Å². The first-order valence-corrected chi connectivity index (χ1v) is 7.99. The van der Waals surface area contributed by atoms with E-state index in [0.29, 0.717) is 0 Å². The molecular weight excluding hydrogens is 340 g/mol. The SMILES string of the molecule is Cc1ccc(S(=O)(=O)OCc2cc([N+](=O)[O-])cc([N+](=O)[O-])c2)cc1. The maximum atomic E-state index is 12.1. The molecule has 0 aliphatic heterocycles. The number of non-ortho nitro benzene ring substituents is 2. The Bertz CT molecular complexity index is 860. The van der Waals surface area contributed by atoms with E-state index >= 15 is 0 Å². The van der Waals surface area contributed by atoms with Crippen LogP contribution in [0.1, 0.15) is 11.1 Å². The summed E-state index contributed by atoms with van der Waals surface area (Å²) in [5.74, 6) is 0. The highest BCUT2D eigenvalue weighted by Crippen LogP contribution is 2.24. The van der Waals surface area contributed by atoms with Crippen LogP contribution < -0.4 is 0 Å². The summed E-state index contributed by atoms with van der Waals surface area (Å²) in [4.78, 5) is 19.9. The van der Waals surface area contributed by atoms with Gasteiger partial charge in [-0.05, 0) is 24.6 Å². The van der Waals surface area contributed by atoms with E-state index in [-0.39, 0.29) is 10.5 Å². The van der Waals surface area contributed by atoms with Crippen molar-refractivity contribution in [2.45, 2.75) is 18.4 Å². The van der Waals surface area contributed by atoms with Crippen molar-refractivity contribution in [3.63, 3.8) is 0 Å². The third kappa shape index (κ3) is 4.12. The maximum absolute atomic E-state index is 12.1. The summed E-state index contributed by atoms with van der Waals surface area (Å²) in [5, 5.41) is 21.6. The highest BCUT2D eigenvalue weighted by molar-refractivity contribution is 7.86. The third-order valence-electron chi connectivity index (χ3n) is 3.07. The van der Waals surface area contributed by atoms with Crippen molar-refractivity contribution in [2.24, 2.45) is 0 Å². The normalized spacial score (nSPS) is 11.2. The van der Waals surface area contributed by atoms with E-state index in [1.54, 1.807) is 19.1 Å². The zero-order valence-electron chi connectivity index (χ0n) is 12.4. The molecule has 0 aromatic heterocycles. The molecule has 0 spiro atoms. The zero-order valence-corrected chi connectivity index (χ0v) is 13.2. The van der Waals surface area contributed by atoms with Crippen molar-refractivity contribution in [2.75, 3.05) is 0 Å². The van der Waals surface area contributed by atoms with Gasteiger partial charge in [-0.15, -0.1) is 0 Å². The highest BCUT2D eigenvalue weighted by atomic mass is 32.2. The van der Waals surface area contributed by atoms with E-state index in [2.05, 4.69) is 0 Å². The molecule has 0 unspecified atom stereocenters. The number of rotatable bonds is 6. The van der Waals surface area contributed by atoms with Crippen LogP contribution in [0.4, 0.5) is 11.4 Å². The van der Waals surface area contributed by atoms with Gasteiger partial charge in [0.1, 0.15) is 0 Å². The number of aryl methyl sites for hydroxylation is 1. The van der Waals surface area contributed by atoms with Gasteiger partial charge in [-0.1, -0.05) is 17.7 Å². The molecule has 0 aliphatic rings. The van der Waals surface area contributed by atoms with Crippen LogP contribution in [-0.2, 0) is 20.9 Å². The smallest absolute Gasteiger partial charge is 0.262 e. The quantitative estimate of drug-likeness (QED) is 0.444. The van der Waals surface area contributed by atoms with E-state index in [4.69, 9.17) is 4.18 Å². The Hall–Kier alpha value is -2.85. The van der Waals surface area contributed by atoms with Crippen LogP contribution in [-0.4, -0.2) is 18.3 Å². The minimum Gasteiger partial charge on any atom is -0.262 e. The molecule has 9 nitrogen and oxygen atoms in total. The Labute approximate surface area is 136 Å². The van der Waals surface area contributed by atoms with Crippen molar-refractivity contribution in [3.05, 3.63) is 73.8 Å². The predicted octanol–water partition coefficient (Wildman–Crippen LogP) is 2.72. The second-order valence-corrected chi connectivity index (χ2v) is 6.52. The third-order valence-corrected chi connectivity index (χ3v) is 4.35. The molecule has 0 N–H and O–H groups in total. The zero-order chi connectivity index (χ0) is 17.9. The fourth-order valence-electron chi connectivity index (χ4n) is 1.87. The number of hydrogen-bond donors (Lipinski definition) is 0. The predicted molar refractivity (Wildman–Crippen MR) is 82.9 cm³/mol. The minimum absolute atomic E-state index is 0.00610. The largest absolute Gasteiger partial charge is 0.297 e. The number of nitrogens with zero attached hydrogens (tertiary/aromatic N) is 2. The van der Waals surface area contributed by atoms with Crippen LogP contribution in [0, 0.1) is 27.2 Å². The first-order chi connectivity index (χ1) is 11.2. The molecule has 0 fully saturated rings. The van der Waals surface area contributed by atoms with Crippen molar-refractivity contribution >= 4 is 21.5 Å². The highest BCUT2D eigenvalue weighted by Gasteiger charge is 2.19. The Kier molecular flexibility index (Phi) is 4.90. The van der Waals surface area contributed by atoms with Gasteiger partial charge in [-0.2, -0.15) is 8.42 Å². The molecule has 2 rings (SSSR count). The van der Waals surface area contributed by atoms with Gasteiger partial charge in [0.15, 0.2) is 0 Å². The minimum atomic E-state index is -4.08. The van der Waals surface area contributed by atoms with E-state index in [9.17, 15) is 28.6 Å². The van der Waals surface area contributed by atoms with Gasteiger partial charge in [0.2, 0.25) is 0 Å². The maximum Gasteiger partial charge on any atom is 0.297 e. The molecular formula is C14H12N2O7S. The molecule has 0 bridgehead atoms. The molecule has 0 aliphatic carbocycles. The van der Waals surface area contributed by atoms with Crippen molar-refractivity contribution < 1.29 is 22.4 Å². The van der Waals surface area contributed by atoms with Crippen LogP contribution in [0.3, 0.4) is 0 Å². The average molecular weight is 352 g/mol. The summed E-state index contributed by atoms with van der Waals surface area (Å²) in [6, 6.07) is 8.75. The summed E-state index contributed by atoms with van der Waals surface area (Å²) < 4.78 is 29.0. The number of nitro benzene ring substituents is 2. The van der Waals surface area contributed by atoms with Gasteiger partial charge in [0, 0.05) is 12.1 Å². The molecule has 0 amide bonds.